The Balaban J connectivity index is 1.42. The quantitative estimate of drug-likeness (QED) is 0.472. The second-order valence-corrected chi connectivity index (χ2v) is 6.53. The fourth-order valence-corrected chi connectivity index (χ4v) is 2.90. The van der Waals surface area contributed by atoms with Crippen LogP contribution >= 0.6 is 11.6 Å². The summed E-state index contributed by atoms with van der Waals surface area (Å²) in [5.74, 6) is 0.665. The van der Waals surface area contributed by atoms with Gasteiger partial charge in [-0.1, -0.05) is 16.8 Å². The first kappa shape index (κ1) is 18.1. The zero-order chi connectivity index (χ0) is 19.7. The van der Waals surface area contributed by atoms with E-state index in [1.807, 2.05) is 13.8 Å². The number of rotatable bonds is 5. The van der Waals surface area contributed by atoms with E-state index >= 15 is 0 Å². The summed E-state index contributed by atoms with van der Waals surface area (Å²) in [7, 11) is 0. The standard InChI is InChI=1S/C18H15ClN6O3/c1-10-14(11(2)25-18(22-10)20-9-21-25)7-16(26)27-8-15-23-17(24-28-15)12-3-5-13(19)6-4-12/h3-6,9H,7-8H2,1-2H3. The van der Waals surface area contributed by atoms with Crippen LogP contribution in [0.1, 0.15) is 22.8 Å². The van der Waals surface area contributed by atoms with Gasteiger partial charge in [-0.05, 0) is 38.1 Å². The molecule has 0 amide bonds. The fourth-order valence-electron chi connectivity index (χ4n) is 2.78. The molecule has 3 aromatic heterocycles. The molecule has 9 nitrogen and oxygen atoms in total. The summed E-state index contributed by atoms with van der Waals surface area (Å²) in [4.78, 5) is 24.9. The molecule has 0 fully saturated rings. The van der Waals surface area contributed by atoms with E-state index in [1.54, 1.807) is 28.8 Å². The van der Waals surface area contributed by atoms with Crippen LogP contribution in [0, 0.1) is 13.8 Å². The number of carbonyl (C=O) groups excluding carboxylic acids is 1. The highest BCUT2D eigenvalue weighted by atomic mass is 35.5. The molecule has 3 heterocycles. The van der Waals surface area contributed by atoms with Crippen molar-refractivity contribution >= 4 is 23.3 Å². The van der Waals surface area contributed by atoms with E-state index in [4.69, 9.17) is 20.9 Å². The molecule has 0 bridgehead atoms. The third-order valence-electron chi connectivity index (χ3n) is 4.24. The number of carbonyl (C=O) groups is 1. The predicted octanol–water partition coefficient (Wildman–Crippen LogP) is 2.73. The minimum Gasteiger partial charge on any atom is -0.455 e. The van der Waals surface area contributed by atoms with E-state index < -0.39 is 5.97 Å². The van der Waals surface area contributed by atoms with Gasteiger partial charge in [-0.3, -0.25) is 4.79 Å². The van der Waals surface area contributed by atoms with Crippen molar-refractivity contribution in [2.24, 2.45) is 0 Å². The highest BCUT2D eigenvalue weighted by Crippen LogP contribution is 2.19. The van der Waals surface area contributed by atoms with E-state index in [0.29, 0.717) is 22.3 Å². The van der Waals surface area contributed by atoms with Crippen LogP contribution in [-0.4, -0.2) is 35.7 Å². The average molecular weight is 399 g/mol. The number of halogens is 1. The van der Waals surface area contributed by atoms with E-state index in [2.05, 4.69) is 25.2 Å². The zero-order valence-corrected chi connectivity index (χ0v) is 15.8. The van der Waals surface area contributed by atoms with Crippen LogP contribution in [-0.2, 0) is 22.6 Å². The Hall–Kier alpha value is -3.33. The number of aromatic nitrogens is 6. The summed E-state index contributed by atoms with van der Waals surface area (Å²) in [6.45, 7) is 3.56. The first-order chi connectivity index (χ1) is 13.5. The maximum absolute atomic E-state index is 12.3. The minimum absolute atomic E-state index is 0.0542. The molecule has 4 rings (SSSR count). The molecule has 1 aromatic carbocycles. The molecule has 0 atom stereocenters. The van der Waals surface area contributed by atoms with Crippen molar-refractivity contribution in [3.63, 3.8) is 0 Å². The Morgan fingerprint density at radius 2 is 2.00 bits per heavy atom. The van der Waals surface area contributed by atoms with Gasteiger partial charge in [0.05, 0.1) is 6.42 Å². The van der Waals surface area contributed by atoms with Crippen LogP contribution in [0.25, 0.3) is 17.2 Å². The second kappa shape index (κ2) is 7.35. The lowest BCUT2D eigenvalue weighted by molar-refractivity contribution is -0.144. The minimum atomic E-state index is -0.432. The van der Waals surface area contributed by atoms with Crippen molar-refractivity contribution in [2.75, 3.05) is 0 Å². The summed E-state index contributed by atoms with van der Waals surface area (Å²) in [6.07, 6.45) is 1.48. The number of fused-ring (bicyclic) bond motifs is 1. The topological polar surface area (TPSA) is 108 Å². The first-order valence-electron chi connectivity index (χ1n) is 8.41. The van der Waals surface area contributed by atoms with Crippen LogP contribution < -0.4 is 0 Å². The van der Waals surface area contributed by atoms with Gasteiger partial charge in [-0.2, -0.15) is 15.1 Å². The number of benzene rings is 1. The van der Waals surface area contributed by atoms with Crippen LogP contribution in [0.3, 0.4) is 0 Å². The van der Waals surface area contributed by atoms with Gasteiger partial charge < -0.3 is 9.26 Å². The van der Waals surface area contributed by atoms with Crippen molar-refractivity contribution in [3.05, 3.63) is 58.5 Å². The normalized spacial score (nSPS) is 11.1. The lowest BCUT2D eigenvalue weighted by Gasteiger charge is -2.09. The molecule has 0 saturated carbocycles. The molecule has 0 spiro atoms. The van der Waals surface area contributed by atoms with Crippen LogP contribution in [0.4, 0.5) is 0 Å². The molecule has 10 heteroatoms. The van der Waals surface area contributed by atoms with E-state index in [9.17, 15) is 4.79 Å². The van der Waals surface area contributed by atoms with Gasteiger partial charge in [0.15, 0.2) is 6.61 Å². The van der Waals surface area contributed by atoms with Crippen LogP contribution in [0.5, 0.6) is 0 Å². The number of ether oxygens (including phenoxy) is 1. The SMILES string of the molecule is Cc1nc2ncnn2c(C)c1CC(=O)OCc1nc(-c2ccc(Cl)cc2)no1. The molecule has 0 aliphatic rings. The molecule has 0 N–H and O–H groups in total. The van der Waals surface area contributed by atoms with Crippen molar-refractivity contribution in [3.8, 4) is 11.4 Å². The van der Waals surface area contributed by atoms with E-state index in [1.165, 1.54) is 6.33 Å². The lowest BCUT2D eigenvalue weighted by atomic mass is 10.1. The highest BCUT2D eigenvalue weighted by Gasteiger charge is 2.16. The summed E-state index contributed by atoms with van der Waals surface area (Å²) in [5.41, 5.74) is 3.00. The lowest BCUT2D eigenvalue weighted by Crippen LogP contribution is -2.13. The second-order valence-electron chi connectivity index (χ2n) is 6.09. The predicted molar refractivity (Wildman–Crippen MR) is 98.5 cm³/mol. The van der Waals surface area contributed by atoms with Gasteiger partial charge in [0.1, 0.15) is 6.33 Å². The van der Waals surface area contributed by atoms with Gasteiger partial charge in [0.2, 0.25) is 5.82 Å². The summed E-state index contributed by atoms with van der Waals surface area (Å²) < 4.78 is 12.0. The maximum atomic E-state index is 12.3. The van der Waals surface area contributed by atoms with Crippen LogP contribution in [0.15, 0.2) is 35.1 Å². The molecule has 0 aliphatic carbocycles. The number of hydrogen-bond donors (Lipinski definition) is 0. The first-order valence-corrected chi connectivity index (χ1v) is 8.79. The number of esters is 1. The number of hydrogen-bond acceptors (Lipinski definition) is 8. The van der Waals surface area contributed by atoms with Crippen molar-refractivity contribution in [1.82, 2.24) is 29.7 Å². The van der Waals surface area contributed by atoms with E-state index in [-0.39, 0.29) is 18.9 Å². The Labute approximate surface area is 164 Å². The smallest absolute Gasteiger partial charge is 0.310 e. The molecule has 142 valence electrons. The number of aryl methyl sites for hydroxylation is 2. The fraction of sp³-hybridized carbons (Fsp3) is 0.222. The van der Waals surface area contributed by atoms with Crippen molar-refractivity contribution < 1.29 is 14.1 Å². The summed E-state index contributed by atoms with van der Waals surface area (Å²) in [6, 6.07) is 7.03. The van der Waals surface area contributed by atoms with Crippen LogP contribution in [0.2, 0.25) is 5.02 Å². The molecular formula is C18H15ClN6O3. The monoisotopic (exact) mass is 398 g/mol. The zero-order valence-electron chi connectivity index (χ0n) is 15.1. The van der Waals surface area contributed by atoms with Gasteiger partial charge in [-0.15, -0.1) is 0 Å². The maximum Gasteiger partial charge on any atom is 0.310 e. The molecule has 4 aromatic rings. The van der Waals surface area contributed by atoms with E-state index in [0.717, 1.165) is 16.8 Å². The molecule has 0 saturated heterocycles. The van der Waals surface area contributed by atoms with Gasteiger partial charge in [0, 0.05) is 27.5 Å². The van der Waals surface area contributed by atoms with Crippen molar-refractivity contribution in [1.29, 1.82) is 0 Å². The van der Waals surface area contributed by atoms with Gasteiger partial charge in [-0.25, -0.2) is 9.50 Å². The average Bonchev–Trinajstić information content (AvgIpc) is 3.33. The summed E-state index contributed by atoms with van der Waals surface area (Å²) in [5, 5.41) is 8.61. The Kier molecular flexibility index (Phi) is 4.74. The molecule has 28 heavy (non-hydrogen) atoms. The molecule has 0 unspecified atom stereocenters. The highest BCUT2D eigenvalue weighted by molar-refractivity contribution is 6.30. The Morgan fingerprint density at radius 1 is 1.21 bits per heavy atom. The third-order valence-corrected chi connectivity index (χ3v) is 4.49. The molecular weight excluding hydrogens is 384 g/mol. The van der Waals surface area contributed by atoms with Crippen molar-refractivity contribution in [2.45, 2.75) is 26.9 Å². The number of nitrogens with zero attached hydrogens (tertiary/aromatic N) is 6. The Bertz CT molecular complexity index is 1150. The molecule has 0 aliphatic heterocycles. The summed E-state index contributed by atoms with van der Waals surface area (Å²) >= 11 is 5.87. The third kappa shape index (κ3) is 3.56. The Morgan fingerprint density at radius 3 is 2.79 bits per heavy atom. The van der Waals surface area contributed by atoms with Gasteiger partial charge in [0.25, 0.3) is 11.7 Å². The largest absolute Gasteiger partial charge is 0.455 e. The molecule has 0 radical (unpaired) electrons. The van der Waals surface area contributed by atoms with Gasteiger partial charge >= 0.3 is 5.97 Å².